The van der Waals surface area contributed by atoms with Gasteiger partial charge in [0.15, 0.2) is 17.5 Å². The van der Waals surface area contributed by atoms with Crippen LogP contribution in [0, 0.1) is 0 Å². The maximum atomic E-state index is 5.32. The first-order valence-corrected chi connectivity index (χ1v) is 19.4. The van der Waals surface area contributed by atoms with Crippen LogP contribution in [0.25, 0.3) is 78.0 Å². The van der Waals surface area contributed by atoms with Crippen molar-refractivity contribution in [3.63, 3.8) is 0 Å². The summed E-state index contributed by atoms with van der Waals surface area (Å²) in [6, 6.07) is 75.8. The lowest BCUT2D eigenvalue weighted by Crippen LogP contribution is -2.28. The summed E-state index contributed by atoms with van der Waals surface area (Å²) in [4.78, 5) is 15.9. The second kappa shape index (κ2) is 13.4. The molecule has 1 aliphatic rings. The first-order chi connectivity index (χ1) is 28.3. The van der Waals surface area contributed by atoms with Gasteiger partial charge in [-0.25, -0.2) is 15.0 Å². The van der Waals surface area contributed by atoms with E-state index in [9.17, 15) is 0 Å². The fraction of sp³-hybridized carbons (Fsp3) is 0.0185. The van der Waals surface area contributed by atoms with E-state index in [0.29, 0.717) is 17.5 Å². The average molecular weight is 726 g/mol. The Morgan fingerprint density at radius 1 is 0.281 bits per heavy atom. The van der Waals surface area contributed by atoms with Crippen LogP contribution in [-0.4, -0.2) is 15.0 Å². The molecule has 1 aliphatic carbocycles. The molecule has 0 spiro atoms. The third-order valence-electron chi connectivity index (χ3n) is 11.6. The van der Waals surface area contributed by atoms with E-state index in [0.717, 1.165) is 33.0 Å². The normalized spacial score (nSPS) is 12.7. The Labute approximate surface area is 331 Å². The number of nitrogens with zero attached hydrogens (tertiary/aromatic N) is 3. The maximum absolute atomic E-state index is 5.32. The van der Waals surface area contributed by atoms with Crippen molar-refractivity contribution in [1.29, 1.82) is 0 Å². The molecule has 266 valence electrons. The predicted octanol–water partition coefficient (Wildman–Crippen LogP) is 13.2. The van der Waals surface area contributed by atoms with Crippen molar-refractivity contribution in [3.05, 3.63) is 235 Å². The minimum absolute atomic E-state index is 0.536. The van der Waals surface area contributed by atoms with Crippen molar-refractivity contribution in [2.45, 2.75) is 5.41 Å². The fourth-order valence-electron chi connectivity index (χ4n) is 9.06. The molecule has 0 atom stereocenters. The lowest BCUT2D eigenvalue weighted by molar-refractivity contribution is 0.768. The smallest absolute Gasteiger partial charge is 0.164 e. The van der Waals surface area contributed by atoms with Crippen molar-refractivity contribution >= 4 is 21.5 Å². The molecule has 0 saturated carbocycles. The van der Waals surface area contributed by atoms with Gasteiger partial charge in [-0.05, 0) is 78.2 Å². The van der Waals surface area contributed by atoms with Gasteiger partial charge in [0.2, 0.25) is 0 Å². The first kappa shape index (κ1) is 32.9. The summed E-state index contributed by atoms with van der Waals surface area (Å²) in [6.07, 6.45) is 0. The van der Waals surface area contributed by atoms with Crippen LogP contribution in [0.2, 0.25) is 0 Å². The highest BCUT2D eigenvalue weighted by atomic mass is 15.0. The number of hydrogen-bond acceptors (Lipinski definition) is 3. The van der Waals surface area contributed by atoms with Gasteiger partial charge in [0.05, 0.1) is 5.41 Å². The van der Waals surface area contributed by atoms with Crippen LogP contribution < -0.4 is 0 Å². The molecular formula is C54H35N3. The second-order valence-corrected chi connectivity index (χ2v) is 14.7. The number of benzene rings is 9. The summed E-state index contributed by atoms with van der Waals surface area (Å²) in [6.45, 7) is 0. The van der Waals surface area contributed by atoms with Crippen molar-refractivity contribution in [2.24, 2.45) is 0 Å². The Bertz CT molecular complexity index is 3080. The molecule has 0 N–H and O–H groups in total. The highest BCUT2D eigenvalue weighted by Crippen LogP contribution is 2.56. The van der Waals surface area contributed by atoms with Gasteiger partial charge in [0.25, 0.3) is 0 Å². The number of hydrogen-bond donors (Lipinski definition) is 0. The molecule has 0 amide bonds. The molecule has 0 saturated heterocycles. The molecule has 0 radical (unpaired) electrons. The Balaban J connectivity index is 1.15. The molecule has 3 heteroatoms. The van der Waals surface area contributed by atoms with Crippen LogP contribution in [0.4, 0.5) is 0 Å². The van der Waals surface area contributed by atoms with E-state index in [1.807, 2.05) is 0 Å². The molecule has 0 bridgehead atoms. The van der Waals surface area contributed by atoms with Gasteiger partial charge >= 0.3 is 0 Å². The lowest BCUT2D eigenvalue weighted by Gasteiger charge is -2.34. The van der Waals surface area contributed by atoms with Crippen molar-refractivity contribution in [3.8, 4) is 56.4 Å². The minimum atomic E-state index is -0.536. The monoisotopic (exact) mass is 725 g/mol. The van der Waals surface area contributed by atoms with Crippen LogP contribution >= 0.6 is 0 Å². The van der Waals surface area contributed by atoms with Crippen LogP contribution in [0.5, 0.6) is 0 Å². The van der Waals surface area contributed by atoms with Crippen LogP contribution in [0.15, 0.2) is 212 Å². The largest absolute Gasteiger partial charge is 0.208 e. The first-order valence-electron chi connectivity index (χ1n) is 19.4. The SMILES string of the molecule is c1ccc(C2(c3ccccc3)c3ccccc3-c3ccc(-c4nc(-c5cccc(-c6cccc7ccccc67)c5)nc(-c5cccc6ccccc56)n4)cc32)cc1. The number of rotatable bonds is 6. The van der Waals surface area contributed by atoms with E-state index in [-0.39, 0.29) is 0 Å². The van der Waals surface area contributed by atoms with Crippen LogP contribution in [0.3, 0.4) is 0 Å². The molecule has 0 unspecified atom stereocenters. The molecule has 0 aliphatic heterocycles. The van der Waals surface area contributed by atoms with Gasteiger partial charge in [-0.3, -0.25) is 0 Å². The van der Waals surface area contributed by atoms with Gasteiger partial charge in [0.1, 0.15) is 0 Å². The summed E-state index contributed by atoms with van der Waals surface area (Å²) in [7, 11) is 0. The molecule has 1 aromatic heterocycles. The minimum Gasteiger partial charge on any atom is -0.208 e. The van der Waals surface area contributed by atoms with Gasteiger partial charge in [-0.1, -0.05) is 200 Å². The molecular weight excluding hydrogens is 691 g/mol. The van der Waals surface area contributed by atoms with Gasteiger partial charge in [-0.15, -0.1) is 0 Å². The van der Waals surface area contributed by atoms with E-state index < -0.39 is 5.41 Å². The summed E-state index contributed by atoms with van der Waals surface area (Å²) < 4.78 is 0. The molecule has 1 heterocycles. The molecule has 57 heavy (non-hydrogen) atoms. The highest BCUT2D eigenvalue weighted by molar-refractivity contribution is 5.98. The quantitative estimate of drug-likeness (QED) is 0.171. The van der Waals surface area contributed by atoms with E-state index in [1.54, 1.807) is 0 Å². The maximum Gasteiger partial charge on any atom is 0.164 e. The van der Waals surface area contributed by atoms with E-state index >= 15 is 0 Å². The Morgan fingerprint density at radius 3 is 1.46 bits per heavy atom. The second-order valence-electron chi connectivity index (χ2n) is 14.7. The number of fused-ring (bicyclic) bond motifs is 5. The van der Waals surface area contributed by atoms with Gasteiger partial charge in [-0.2, -0.15) is 0 Å². The standard InChI is InChI=1S/C54H35N3/c1-3-22-41(23-4-1)54(42-24-5-2-6-25-42)49-31-12-11-28-46(49)47-33-32-40(35-50(47)54)52-55-51(56-53(57-52)48-30-15-19-37-17-8-10-27-44(37)48)39-21-13-20-38(34-39)45-29-14-18-36-16-7-9-26-43(36)45/h1-35H. The summed E-state index contributed by atoms with van der Waals surface area (Å²) in [5.74, 6) is 1.90. The third-order valence-corrected chi connectivity index (χ3v) is 11.6. The van der Waals surface area contributed by atoms with E-state index in [1.165, 1.54) is 49.7 Å². The fourth-order valence-corrected chi connectivity index (χ4v) is 9.06. The molecule has 9 aromatic carbocycles. The van der Waals surface area contributed by atoms with E-state index in [4.69, 9.17) is 15.0 Å². The Morgan fingerprint density at radius 2 is 0.754 bits per heavy atom. The van der Waals surface area contributed by atoms with Crippen LogP contribution in [-0.2, 0) is 5.41 Å². The molecule has 10 aromatic rings. The summed E-state index contributed by atoms with van der Waals surface area (Å²) in [5.41, 5.74) is 12.0. The van der Waals surface area contributed by atoms with Gasteiger partial charge in [0, 0.05) is 16.7 Å². The molecule has 0 fully saturated rings. The molecule has 3 nitrogen and oxygen atoms in total. The van der Waals surface area contributed by atoms with E-state index in [2.05, 4.69) is 212 Å². The number of aromatic nitrogens is 3. The average Bonchev–Trinajstić information content (AvgIpc) is 3.59. The topological polar surface area (TPSA) is 38.7 Å². The zero-order valence-corrected chi connectivity index (χ0v) is 31.0. The Kier molecular flexibility index (Phi) is 7.71. The zero-order chi connectivity index (χ0) is 37.8. The summed E-state index contributed by atoms with van der Waals surface area (Å²) in [5, 5.41) is 4.66. The lowest BCUT2D eigenvalue weighted by atomic mass is 9.67. The van der Waals surface area contributed by atoms with Crippen LogP contribution in [0.1, 0.15) is 22.3 Å². The Hall–Kier alpha value is -7.49. The highest BCUT2D eigenvalue weighted by Gasteiger charge is 2.46. The third kappa shape index (κ3) is 5.32. The summed E-state index contributed by atoms with van der Waals surface area (Å²) >= 11 is 0. The van der Waals surface area contributed by atoms with Crippen molar-refractivity contribution < 1.29 is 0 Å². The zero-order valence-electron chi connectivity index (χ0n) is 31.0. The van der Waals surface area contributed by atoms with Crippen molar-refractivity contribution in [1.82, 2.24) is 15.0 Å². The predicted molar refractivity (Wildman–Crippen MR) is 234 cm³/mol. The molecule has 11 rings (SSSR count). The van der Waals surface area contributed by atoms with Gasteiger partial charge < -0.3 is 0 Å². The van der Waals surface area contributed by atoms with Crippen molar-refractivity contribution in [2.75, 3.05) is 0 Å².